The molecule has 0 spiro atoms. The summed E-state index contributed by atoms with van der Waals surface area (Å²) in [6, 6.07) is 6.49. The molecule has 0 amide bonds. The van der Waals surface area contributed by atoms with Crippen molar-refractivity contribution in [3.05, 3.63) is 51.5 Å². The lowest BCUT2D eigenvalue weighted by Gasteiger charge is -2.13. The molecule has 2 N–H and O–H groups in total. The molecule has 4 heteroatoms. The zero-order valence-corrected chi connectivity index (χ0v) is 10.6. The maximum atomic E-state index is 13.3. The first-order valence-electron chi connectivity index (χ1n) is 5.26. The number of thiophene rings is 1. The van der Waals surface area contributed by atoms with Gasteiger partial charge in [-0.2, -0.15) is 0 Å². The molecule has 0 aliphatic carbocycles. The molecule has 90 valence electrons. The van der Waals surface area contributed by atoms with Crippen molar-refractivity contribution in [2.75, 3.05) is 7.11 Å². The smallest absolute Gasteiger partial charge is 0.165 e. The van der Waals surface area contributed by atoms with Crippen LogP contribution in [0.25, 0.3) is 0 Å². The second-order valence-electron chi connectivity index (χ2n) is 3.80. The second kappa shape index (κ2) is 4.85. The van der Waals surface area contributed by atoms with E-state index in [0.717, 1.165) is 11.1 Å². The third-order valence-electron chi connectivity index (χ3n) is 2.77. The van der Waals surface area contributed by atoms with Gasteiger partial charge in [0.05, 0.1) is 13.2 Å². The van der Waals surface area contributed by atoms with E-state index in [-0.39, 0.29) is 17.6 Å². The van der Waals surface area contributed by atoms with Crippen LogP contribution in [0.2, 0.25) is 0 Å². The zero-order valence-electron chi connectivity index (χ0n) is 9.74. The first-order chi connectivity index (χ1) is 8.13. The summed E-state index contributed by atoms with van der Waals surface area (Å²) < 4.78 is 18.2. The van der Waals surface area contributed by atoms with Gasteiger partial charge in [-0.15, -0.1) is 11.3 Å². The van der Waals surface area contributed by atoms with Crippen LogP contribution in [0.1, 0.15) is 22.0 Å². The number of aryl methyl sites for hydroxylation is 1. The number of nitrogens with two attached hydrogens (primary N) is 1. The summed E-state index contributed by atoms with van der Waals surface area (Å²) in [5.41, 5.74) is 8.09. The lowest BCUT2D eigenvalue weighted by atomic mass is 10.0. The molecule has 2 rings (SSSR count). The molecular weight excluding hydrogens is 237 g/mol. The van der Waals surface area contributed by atoms with Crippen molar-refractivity contribution in [1.29, 1.82) is 0 Å². The van der Waals surface area contributed by atoms with Crippen LogP contribution in [0.3, 0.4) is 0 Å². The Labute approximate surface area is 104 Å². The third-order valence-corrected chi connectivity index (χ3v) is 3.63. The molecule has 0 aliphatic rings. The molecule has 2 nitrogen and oxygen atoms in total. The lowest BCUT2D eigenvalue weighted by molar-refractivity contribution is 0.385. The Bertz CT molecular complexity index is 524. The quantitative estimate of drug-likeness (QED) is 0.908. The minimum absolute atomic E-state index is 0.228. The van der Waals surface area contributed by atoms with Crippen molar-refractivity contribution >= 4 is 11.3 Å². The molecule has 0 saturated carbocycles. The Morgan fingerprint density at radius 2 is 2.12 bits per heavy atom. The van der Waals surface area contributed by atoms with E-state index in [1.807, 2.05) is 18.4 Å². The predicted octanol–water partition coefficient (Wildman–Crippen LogP) is 3.25. The number of methoxy groups -OCH3 is 1. The van der Waals surface area contributed by atoms with E-state index in [0.29, 0.717) is 0 Å². The van der Waals surface area contributed by atoms with Gasteiger partial charge in [0, 0.05) is 4.88 Å². The molecule has 1 atom stereocenters. The summed E-state index contributed by atoms with van der Waals surface area (Å²) in [5, 5.41) is 2.01. The minimum atomic E-state index is -0.370. The SMILES string of the molecule is COc1cc(C(N)c2ccsc2C)ccc1F. The summed E-state index contributed by atoms with van der Waals surface area (Å²) in [7, 11) is 1.45. The van der Waals surface area contributed by atoms with Gasteiger partial charge in [-0.3, -0.25) is 0 Å². The number of hydrogen-bond acceptors (Lipinski definition) is 3. The standard InChI is InChI=1S/C13H14FNOS/c1-8-10(5-6-17-8)13(15)9-3-4-11(14)12(7-9)16-2/h3-7,13H,15H2,1-2H3. The Kier molecular flexibility index (Phi) is 3.45. The fourth-order valence-corrected chi connectivity index (χ4v) is 2.52. The van der Waals surface area contributed by atoms with Gasteiger partial charge in [0.2, 0.25) is 0 Å². The van der Waals surface area contributed by atoms with E-state index in [4.69, 9.17) is 10.5 Å². The van der Waals surface area contributed by atoms with Gasteiger partial charge in [0.25, 0.3) is 0 Å². The predicted molar refractivity (Wildman–Crippen MR) is 68.0 cm³/mol. The molecule has 1 aromatic carbocycles. The molecule has 0 saturated heterocycles. The van der Waals surface area contributed by atoms with Crippen LogP contribution in [-0.2, 0) is 0 Å². The van der Waals surface area contributed by atoms with Crippen LogP contribution in [0.4, 0.5) is 4.39 Å². The number of hydrogen-bond donors (Lipinski definition) is 1. The third kappa shape index (κ3) is 2.33. The number of rotatable bonds is 3. The first-order valence-corrected chi connectivity index (χ1v) is 6.14. The number of benzene rings is 1. The summed E-state index contributed by atoms with van der Waals surface area (Å²) in [6.07, 6.45) is 0. The average Bonchev–Trinajstić information content (AvgIpc) is 2.75. The van der Waals surface area contributed by atoms with E-state index in [1.54, 1.807) is 23.5 Å². The summed E-state index contributed by atoms with van der Waals surface area (Å²) in [6.45, 7) is 2.03. The van der Waals surface area contributed by atoms with Gasteiger partial charge in [-0.25, -0.2) is 4.39 Å². The first kappa shape index (κ1) is 12.1. The maximum Gasteiger partial charge on any atom is 0.165 e. The van der Waals surface area contributed by atoms with Gasteiger partial charge < -0.3 is 10.5 Å². The van der Waals surface area contributed by atoms with Crippen LogP contribution in [0, 0.1) is 12.7 Å². The summed E-state index contributed by atoms with van der Waals surface area (Å²) in [5.74, 6) is -0.142. The molecule has 0 fully saturated rings. The highest BCUT2D eigenvalue weighted by Gasteiger charge is 2.14. The molecule has 0 aliphatic heterocycles. The zero-order chi connectivity index (χ0) is 12.4. The van der Waals surface area contributed by atoms with E-state index >= 15 is 0 Å². The van der Waals surface area contributed by atoms with Crippen LogP contribution in [0.15, 0.2) is 29.6 Å². The highest BCUT2D eigenvalue weighted by molar-refractivity contribution is 7.10. The Morgan fingerprint density at radius 3 is 2.71 bits per heavy atom. The second-order valence-corrected chi connectivity index (χ2v) is 4.92. The molecule has 1 heterocycles. The maximum absolute atomic E-state index is 13.3. The van der Waals surface area contributed by atoms with Crippen LogP contribution in [0.5, 0.6) is 5.75 Å². The Hall–Kier alpha value is -1.39. The molecule has 0 radical (unpaired) electrons. The van der Waals surface area contributed by atoms with Gasteiger partial charge >= 0.3 is 0 Å². The van der Waals surface area contributed by atoms with Gasteiger partial charge in [0.1, 0.15) is 0 Å². The van der Waals surface area contributed by atoms with Crippen LogP contribution >= 0.6 is 11.3 Å². The van der Waals surface area contributed by atoms with Crippen molar-refractivity contribution in [1.82, 2.24) is 0 Å². The summed E-state index contributed by atoms with van der Waals surface area (Å²) in [4.78, 5) is 1.18. The lowest BCUT2D eigenvalue weighted by Crippen LogP contribution is -2.12. The topological polar surface area (TPSA) is 35.2 Å². The van der Waals surface area contributed by atoms with E-state index in [9.17, 15) is 4.39 Å². The van der Waals surface area contributed by atoms with Crippen molar-refractivity contribution in [3.8, 4) is 5.75 Å². The fourth-order valence-electron chi connectivity index (χ4n) is 1.77. The molecule has 1 aromatic heterocycles. The molecular formula is C13H14FNOS. The fraction of sp³-hybridized carbons (Fsp3) is 0.231. The van der Waals surface area contributed by atoms with Gasteiger partial charge in [-0.1, -0.05) is 6.07 Å². The van der Waals surface area contributed by atoms with E-state index in [1.165, 1.54) is 18.1 Å². The normalized spacial score (nSPS) is 12.5. The molecule has 0 bridgehead atoms. The van der Waals surface area contributed by atoms with Crippen molar-refractivity contribution < 1.29 is 9.13 Å². The monoisotopic (exact) mass is 251 g/mol. The van der Waals surface area contributed by atoms with Crippen molar-refractivity contribution in [2.45, 2.75) is 13.0 Å². The largest absolute Gasteiger partial charge is 0.494 e. The Balaban J connectivity index is 2.38. The molecule has 17 heavy (non-hydrogen) atoms. The van der Waals surface area contributed by atoms with Gasteiger partial charge in [-0.05, 0) is 41.6 Å². The van der Waals surface area contributed by atoms with E-state index < -0.39 is 0 Å². The average molecular weight is 251 g/mol. The van der Waals surface area contributed by atoms with Crippen molar-refractivity contribution in [3.63, 3.8) is 0 Å². The molecule has 1 unspecified atom stereocenters. The molecule has 2 aromatic rings. The van der Waals surface area contributed by atoms with Crippen molar-refractivity contribution in [2.24, 2.45) is 5.73 Å². The minimum Gasteiger partial charge on any atom is -0.494 e. The Morgan fingerprint density at radius 1 is 1.35 bits per heavy atom. The van der Waals surface area contributed by atoms with Gasteiger partial charge in [0.15, 0.2) is 11.6 Å². The van der Waals surface area contributed by atoms with Crippen LogP contribution in [-0.4, -0.2) is 7.11 Å². The summed E-state index contributed by atoms with van der Waals surface area (Å²) >= 11 is 1.66. The number of halogens is 1. The van der Waals surface area contributed by atoms with E-state index in [2.05, 4.69) is 0 Å². The highest BCUT2D eigenvalue weighted by Crippen LogP contribution is 2.29. The van der Waals surface area contributed by atoms with Crippen LogP contribution < -0.4 is 10.5 Å². The highest BCUT2D eigenvalue weighted by atomic mass is 32.1. The number of ether oxygens (including phenoxy) is 1.